The third-order valence-electron chi connectivity index (χ3n) is 2.41. The predicted octanol–water partition coefficient (Wildman–Crippen LogP) is 1.79. The maximum atomic E-state index is 12.9. The van der Waals surface area contributed by atoms with E-state index in [0.29, 0.717) is 18.8 Å². The molecule has 2 heterocycles. The average Bonchev–Trinajstić information content (AvgIpc) is 2.77. The van der Waals surface area contributed by atoms with E-state index >= 15 is 0 Å². The van der Waals surface area contributed by atoms with Gasteiger partial charge in [0, 0.05) is 25.0 Å². The van der Waals surface area contributed by atoms with Crippen molar-refractivity contribution in [3.05, 3.63) is 42.1 Å². The number of imidazole rings is 1. The number of rotatable bonds is 3. The van der Waals surface area contributed by atoms with Crippen molar-refractivity contribution < 1.29 is 13.2 Å². The van der Waals surface area contributed by atoms with Crippen LogP contribution < -0.4 is 5.73 Å². The Balaban J connectivity index is 2.54. The molecular formula is C11H11F3N4. The van der Waals surface area contributed by atoms with Gasteiger partial charge in [0.25, 0.3) is 0 Å². The number of nitrogens with two attached hydrogens (primary N) is 1. The molecule has 0 amide bonds. The van der Waals surface area contributed by atoms with Gasteiger partial charge in [-0.05, 0) is 18.7 Å². The summed E-state index contributed by atoms with van der Waals surface area (Å²) in [6, 6.07) is 2.25. The van der Waals surface area contributed by atoms with E-state index in [0.717, 1.165) is 6.07 Å². The molecule has 0 saturated heterocycles. The summed E-state index contributed by atoms with van der Waals surface area (Å²) < 4.78 is 39.9. The highest BCUT2D eigenvalue weighted by atomic mass is 19.4. The first-order chi connectivity index (χ1) is 8.54. The van der Waals surface area contributed by atoms with Crippen LogP contribution in [0.5, 0.6) is 0 Å². The second-order valence-electron chi connectivity index (χ2n) is 3.62. The molecule has 2 N–H and O–H groups in total. The zero-order valence-electron chi connectivity index (χ0n) is 9.35. The lowest BCUT2D eigenvalue weighted by Gasteiger charge is -2.13. The van der Waals surface area contributed by atoms with Gasteiger partial charge in [-0.3, -0.25) is 4.57 Å². The number of hydrogen-bond acceptors (Lipinski definition) is 3. The van der Waals surface area contributed by atoms with Gasteiger partial charge in [-0.2, -0.15) is 13.2 Å². The van der Waals surface area contributed by atoms with Gasteiger partial charge in [-0.1, -0.05) is 0 Å². The highest BCUT2D eigenvalue weighted by molar-refractivity contribution is 5.37. The van der Waals surface area contributed by atoms with Gasteiger partial charge in [-0.15, -0.1) is 0 Å². The molecule has 2 aromatic heterocycles. The molecule has 0 saturated carbocycles. The lowest BCUT2D eigenvalue weighted by molar-refractivity contribution is -0.137. The van der Waals surface area contributed by atoms with Gasteiger partial charge in [0.15, 0.2) is 0 Å². The Kier molecular flexibility index (Phi) is 3.33. The number of nitrogens with zero attached hydrogens (tertiary/aromatic N) is 3. The van der Waals surface area contributed by atoms with Crippen LogP contribution in [0.3, 0.4) is 0 Å². The lowest BCUT2D eigenvalue weighted by atomic mass is 10.2. The van der Waals surface area contributed by atoms with E-state index in [9.17, 15) is 13.2 Å². The number of halogens is 3. The van der Waals surface area contributed by atoms with Crippen molar-refractivity contribution in [2.45, 2.75) is 12.6 Å². The largest absolute Gasteiger partial charge is 0.419 e. The van der Waals surface area contributed by atoms with Gasteiger partial charge in [0.1, 0.15) is 11.6 Å². The van der Waals surface area contributed by atoms with E-state index < -0.39 is 11.7 Å². The zero-order chi connectivity index (χ0) is 13.2. The standard InChI is InChI=1S/C11H11F3N4/c12-11(13,14)8-2-1-5-17-10(8)18-7-6-16-9(18)3-4-15/h1-2,5-7H,3-4,15H2. The van der Waals surface area contributed by atoms with Crippen LogP contribution in [0.15, 0.2) is 30.7 Å². The van der Waals surface area contributed by atoms with Crippen LogP contribution in [0.25, 0.3) is 5.82 Å². The van der Waals surface area contributed by atoms with Crippen molar-refractivity contribution in [1.82, 2.24) is 14.5 Å². The van der Waals surface area contributed by atoms with Crippen molar-refractivity contribution in [1.29, 1.82) is 0 Å². The fourth-order valence-corrected chi connectivity index (χ4v) is 1.65. The summed E-state index contributed by atoms with van der Waals surface area (Å²) in [4.78, 5) is 7.77. The van der Waals surface area contributed by atoms with Crippen LogP contribution in [-0.4, -0.2) is 21.1 Å². The topological polar surface area (TPSA) is 56.7 Å². The first kappa shape index (κ1) is 12.6. The van der Waals surface area contributed by atoms with Gasteiger partial charge in [-0.25, -0.2) is 9.97 Å². The van der Waals surface area contributed by atoms with E-state index in [-0.39, 0.29) is 5.82 Å². The zero-order valence-corrected chi connectivity index (χ0v) is 9.35. The molecule has 0 atom stereocenters. The van der Waals surface area contributed by atoms with Crippen molar-refractivity contribution in [3.63, 3.8) is 0 Å². The molecular weight excluding hydrogens is 245 g/mol. The predicted molar refractivity (Wildman–Crippen MR) is 59.1 cm³/mol. The molecule has 0 spiro atoms. The molecule has 0 fully saturated rings. The fraction of sp³-hybridized carbons (Fsp3) is 0.273. The fourth-order valence-electron chi connectivity index (χ4n) is 1.65. The monoisotopic (exact) mass is 256 g/mol. The van der Waals surface area contributed by atoms with E-state index in [2.05, 4.69) is 9.97 Å². The number of alkyl halides is 3. The minimum Gasteiger partial charge on any atom is -0.330 e. The van der Waals surface area contributed by atoms with Gasteiger partial charge in [0.2, 0.25) is 0 Å². The summed E-state index contributed by atoms with van der Waals surface area (Å²) in [6.07, 6.45) is 0.133. The van der Waals surface area contributed by atoms with Crippen LogP contribution in [0.1, 0.15) is 11.4 Å². The molecule has 18 heavy (non-hydrogen) atoms. The molecule has 96 valence electrons. The normalized spacial score (nSPS) is 11.8. The highest BCUT2D eigenvalue weighted by Gasteiger charge is 2.34. The number of pyridine rings is 1. The maximum absolute atomic E-state index is 12.9. The van der Waals surface area contributed by atoms with E-state index in [4.69, 9.17) is 5.73 Å². The second-order valence-corrected chi connectivity index (χ2v) is 3.62. The highest BCUT2D eigenvalue weighted by Crippen LogP contribution is 2.32. The second kappa shape index (κ2) is 4.77. The summed E-state index contributed by atoms with van der Waals surface area (Å²) in [5, 5.41) is 0. The molecule has 2 aromatic rings. The molecule has 0 aliphatic rings. The average molecular weight is 256 g/mol. The van der Waals surface area contributed by atoms with Crippen LogP contribution in [0.4, 0.5) is 13.2 Å². The summed E-state index contributed by atoms with van der Waals surface area (Å²) in [6.45, 7) is 0.311. The summed E-state index contributed by atoms with van der Waals surface area (Å²) >= 11 is 0. The molecule has 0 aromatic carbocycles. The number of hydrogen-bond donors (Lipinski definition) is 1. The lowest BCUT2D eigenvalue weighted by Crippen LogP contribution is -2.15. The molecule has 7 heteroatoms. The first-order valence-electron chi connectivity index (χ1n) is 5.29. The molecule has 0 unspecified atom stereocenters. The van der Waals surface area contributed by atoms with Gasteiger partial charge >= 0.3 is 6.18 Å². The van der Waals surface area contributed by atoms with Crippen molar-refractivity contribution >= 4 is 0 Å². The van der Waals surface area contributed by atoms with E-state index in [1.165, 1.54) is 29.2 Å². The Morgan fingerprint density at radius 3 is 2.67 bits per heavy atom. The number of aromatic nitrogens is 3. The first-order valence-corrected chi connectivity index (χ1v) is 5.29. The Morgan fingerprint density at radius 2 is 2.00 bits per heavy atom. The minimum atomic E-state index is -4.45. The van der Waals surface area contributed by atoms with Crippen LogP contribution in [0.2, 0.25) is 0 Å². The van der Waals surface area contributed by atoms with E-state index in [1.54, 1.807) is 0 Å². The van der Waals surface area contributed by atoms with Crippen molar-refractivity contribution in [3.8, 4) is 5.82 Å². The third kappa shape index (κ3) is 2.35. The van der Waals surface area contributed by atoms with Crippen molar-refractivity contribution in [2.75, 3.05) is 6.54 Å². The van der Waals surface area contributed by atoms with Crippen molar-refractivity contribution in [2.24, 2.45) is 5.73 Å². The molecule has 0 bridgehead atoms. The van der Waals surface area contributed by atoms with Crippen LogP contribution >= 0.6 is 0 Å². The molecule has 0 aliphatic carbocycles. The Hall–Kier alpha value is -1.89. The van der Waals surface area contributed by atoms with Gasteiger partial charge < -0.3 is 5.73 Å². The molecule has 0 aliphatic heterocycles. The van der Waals surface area contributed by atoms with E-state index in [1.807, 2.05) is 0 Å². The molecule has 4 nitrogen and oxygen atoms in total. The SMILES string of the molecule is NCCc1nccn1-c1ncccc1C(F)(F)F. The Bertz CT molecular complexity index is 533. The summed E-state index contributed by atoms with van der Waals surface area (Å²) in [7, 11) is 0. The van der Waals surface area contributed by atoms with Crippen LogP contribution in [0, 0.1) is 0 Å². The summed E-state index contributed by atoms with van der Waals surface area (Å²) in [5.74, 6) is 0.285. The maximum Gasteiger partial charge on any atom is 0.419 e. The van der Waals surface area contributed by atoms with Crippen LogP contribution in [-0.2, 0) is 12.6 Å². The summed E-state index contributed by atoms with van der Waals surface area (Å²) in [5.41, 5.74) is 4.60. The third-order valence-corrected chi connectivity index (χ3v) is 2.41. The quantitative estimate of drug-likeness (QED) is 0.910. The molecule has 2 rings (SSSR count). The van der Waals surface area contributed by atoms with Gasteiger partial charge in [0.05, 0.1) is 5.56 Å². The molecule has 0 radical (unpaired) electrons. The Morgan fingerprint density at radius 1 is 1.22 bits per heavy atom. The smallest absolute Gasteiger partial charge is 0.330 e. The Labute approximate surface area is 101 Å². The minimum absolute atomic E-state index is 0.175.